The second-order valence-electron chi connectivity index (χ2n) is 5.89. The Morgan fingerprint density at radius 1 is 1.11 bits per heavy atom. The first-order valence-electron chi connectivity index (χ1n) is 8.14. The number of nitrogens with zero attached hydrogens (tertiary/aromatic N) is 3. The number of benzene rings is 2. The summed E-state index contributed by atoms with van der Waals surface area (Å²) in [6.07, 6.45) is 4.46. The van der Waals surface area contributed by atoms with E-state index in [4.69, 9.17) is 4.74 Å². The molecule has 4 rings (SSSR count). The molecule has 27 heavy (non-hydrogen) atoms. The summed E-state index contributed by atoms with van der Waals surface area (Å²) in [6, 6.07) is 11.9. The molecule has 0 aliphatic carbocycles. The molecule has 1 aromatic heterocycles. The van der Waals surface area contributed by atoms with Crippen LogP contribution in [0.2, 0.25) is 0 Å². The van der Waals surface area contributed by atoms with E-state index in [0.29, 0.717) is 17.1 Å². The van der Waals surface area contributed by atoms with Crippen LogP contribution >= 0.6 is 0 Å². The van der Waals surface area contributed by atoms with Gasteiger partial charge in [0.2, 0.25) is 5.95 Å². The molecule has 0 radical (unpaired) electrons. The molecule has 0 atom stereocenters. The summed E-state index contributed by atoms with van der Waals surface area (Å²) in [5.41, 5.74) is 2.09. The fraction of sp³-hybridized carbons (Fsp3) is 0.0526. The molecule has 0 saturated heterocycles. The highest BCUT2D eigenvalue weighted by molar-refractivity contribution is 5.71. The molecule has 0 unspecified atom stereocenters. The summed E-state index contributed by atoms with van der Waals surface area (Å²) in [6.45, 7) is 0. The van der Waals surface area contributed by atoms with Crippen LogP contribution in [0.15, 0.2) is 61.1 Å². The molecule has 8 heteroatoms. The van der Waals surface area contributed by atoms with Gasteiger partial charge in [-0.2, -0.15) is 4.98 Å². The van der Waals surface area contributed by atoms with Gasteiger partial charge in [-0.25, -0.2) is 9.37 Å². The van der Waals surface area contributed by atoms with Crippen molar-refractivity contribution < 1.29 is 14.2 Å². The predicted octanol–water partition coefficient (Wildman–Crippen LogP) is 4.11. The van der Waals surface area contributed by atoms with Crippen LogP contribution in [0.5, 0.6) is 11.5 Å². The third-order valence-corrected chi connectivity index (χ3v) is 3.93. The van der Waals surface area contributed by atoms with Gasteiger partial charge in [-0.15, -0.1) is 0 Å². The number of phenols is 1. The molecule has 2 heterocycles. The van der Waals surface area contributed by atoms with E-state index in [1.165, 1.54) is 6.07 Å². The number of phenolic OH excluding ortho intramolecular Hbond substituents is 1. The number of fused-ring (bicyclic) bond motifs is 1. The third-order valence-electron chi connectivity index (χ3n) is 3.93. The van der Waals surface area contributed by atoms with Crippen LogP contribution in [0.25, 0.3) is 0 Å². The second-order valence-corrected chi connectivity index (χ2v) is 5.89. The molecule has 0 spiro atoms. The second kappa shape index (κ2) is 6.83. The van der Waals surface area contributed by atoms with Crippen molar-refractivity contribution in [2.24, 2.45) is 0 Å². The number of ether oxygens (including phenoxy) is 1. The fourth-order valence-electron chi connectivity index (χ4n) is 2.61. The Balaban J connectivity index is 1.58. The third kappa shape index (κ3) is 3.59. The Kier molecular flexibility index (Phi) is 4.21. The summed E-state index contributed by atoms with van der Waals surface area (Å²) in [7, 11) is 1.89. The average molecular weight is 365 g/mol. The lowest BCUT2D eigenvalue weighted by molar-refractivity contribution is 0.471. The topological polar surface area (TPSA) is 82.5 Å². The van der Waals surface area contributed by atoms with E-state index >= 15 is 0 Å². The SMILES string of the molecule is CN1C=COc2ccc(Nc3nc(Nc4cccc(O)c4)ncc3F)cc21. The Morgan fingerprint density at radius 2 is 1.96 bits per heavy atom. The summed E-state index contributed by atoms with van der Waals surface area (Å²) in [5, 5.41) is 15.4. The van der Waals surface area contributed by atoms with Crippen molar-refractivity contribution in [1.82, 2.24) is 9.97 Å². The van der Waals surface area contributed by atoms with Crippen molar-refractivity contribution in [3.8, 4) is 11.5 Å². The highest BCUT2D eigenvalue weighted by atomic mass is 19.1. The number of hydrogen-bond acceptors (Lipinski definition) is 7. The zero-order valence-corrected chi connectivity index (χ0v) is 14.3. The molecule has 0 saturated carbocycles. The normalized spacial score (nSPS) is 12.3. The van der Waals surface area contributed by atoms with E-state index in [0.717, 1.165) is 11.9 Å². The number of rotatable bonds is 4. The van der Waals surface area contributed by atoms with Gasteiger partial charge in [0.05, 0.1) is 11.9 Å². The molecule has 0 amide bonds. The first kappa shape index (κ1) is 16.6. The Hall–Kier alpha value is -3.81. The van der Waals surface area contributed by atoms with E-state index in [9.17, 15) is 9.50 Å². The van der Waals surface area contributed by atoms with Gasteiger partial charge in [0.15, 0.2) is 11.6 Å². The molecule has 0 bridgehead atoms. The number of anilines is 5. The van der Waals surface area contributed by atoms with Crippen molar-refractivity contribution in [3.63, 3.8) is 0 Å². The van der Waals surface area contributed by atoms with Crippen LogP contribution in [0.1, 0.15) is 0 Å². The first-order chi connectivity index (χ1) is 13.1. The quantitative estimate of drug-likeness (QED) is 0.642. The van der Waals surface area contributed by atoms with E-state index in [1.807, 2.05) is 18.0 Å². The summed E-state index contributed by atoms with van der Waals surface area (Å²) in [4.78, 5) is 10.0. The highest BCUT2D eigenvalue weighted by Gasteiger charge is 2.13. The number of hydrogen-bond donors (Lipinski definition) is 3. The van der Waals surface area contributed by atoms with Gasteiger partial charge < -0.3 is 25.4 Å². The van der Waals surface area contributed by atoms with Crippen molar-refractivity contribution >= 4 is 28.8 Å². The lowest BCUT2D eigenvalue weighted by Crippen LogP contribution is -2.13. The molecule has 2 aromatic carbocycles. The van der Waals surface area contributed by atoms with Crippen LogP contribution in [0.3, 0.4) is 0 Å². The van der Waals surface area contributed by atoms with Crippen molar-refractivity contribution in [2.75, 3.05) is 22.6 Å². The fourth-order valence-corrected chi connectivity index (χ4v) is 2.61. The molecule has 3 N–H and O–H groups in total. The Bertz CT molecular complexity index is 1020. The average Bonchev–Trinajstić information content (AvgIpc) is 2.65. The molecule has 136 valence electrons. The van der Waals surface area contributed by atoms with Gasteiger partial charge in [0.25, 0.3) is 0 Å². The number of aromatic nitrogens is 2. The minimum atomic E-state index is -0.585. The standard InChI is InChI=1S/C19H16FN5O2/c1-25-7-8-27-17-6-5-13(10-16(17)25)22-18-15(20)11-21-19(24-18)23-12-3-2-4-14(26)9-12/h2-11,26H,1H3,(H2,21,22,23,24). The molecular formula is C19H16FN5O2. The van der Waals surface area contributed by atoms with E-state index < -0.39 is 5.82 Å². The van der Waals surface area contributed by atoms with Gasteiger partial charge in [-0.3, -0.25) is 0 Å². The minimum absolute atomic E-state index is 0.0301. The van der Waals surface area contributed by atoms with Gasteiger partial charge in [0.1, 0.15) is 17.8 Å². The van der Waals surface area contributed by atoms with Crippen LogP contribution < -0.4 is 20.3 Å². The minimum Gasteiger partial charge on any atom is -0.508 e. The summed E-state index contributed by atoms with van der Waals surface area (Å²) in [5.74, 6) is 0.460. The maximum atomic E-state index is 14.2. The van der Waals surface area contributed by atoms with Gasteiger partial charge in [-0.1, -0.05) is 6.07 Å². The summed E-state index contributed by atoms with van der Waals surface area (Å²) < 4.78 is 19.6. The van der Waals surface area contributed by atoms with Crippen molar-refractivity contribution in [3.05, 3.63) is 66.9 Å². The molecule has 3 aromatic rings. The van der Waals surface area contributed by atoms with Gasteiger partial charge >= 0.3 is 0 Å². The summed E-state index contributed by atoms with van der Waals surface area (Å²) >= 11 is 0. The number of aromatic hydroxyl groups is 1. The van der Waals surface area contributed by atoms with Crippen LogP contribution in [-0.4, -0.2) is 22.1 Å². The maximum Gasteiger partial charge on any atom is 0.229 e. The zero-order valence-electron chi connectivity index (χ0n) is 14.3. The van der Waals surface area contributed by atoms with E-state index in [1.54, 1.807) is 42.8 Å². The first-order valence-corrected chi connectivity index (χ1v) is 8.14. The lowest BCUT2D eigenvalue weighted by atomic mass is 10.2. The van der Waals surface area contributed by atoms with E-state index in [2.05, 4.69) is 20.6 Å². The lowest BCUT2D eigenvalue weighted by Gasteiger charge is -2.22. The number of nitrogens with one attached hydrogen (secondary N) is 2. The monoisotopic (exact) mass is 365 g/mol. The van der Waals surface area contributed by atoms with Crippen LogP contribution in [0, 0.1) is 5.82 Å². The molecular weight excluding hydrogens is 349 g/mol. The van der Waals surface area contributed by atoms with Gasteiger partial charge in [-0.05, 0) is 30.3 Å². The van der Waals surface area contributed by atoms with Crippen LogP contribution in [0.4, 0.5) is 33.2 Å². The smallest absolute Gasteiger partial charge is 0.229 e. The van der Waals surface area contributed by atoms with Crippen molar-refractivity contribution in [2.45, 2.75) is 0 Å². The molecule has 1 aliphatic heterocycles. The zero-order chi connectivity index (χ0) is 18.8. The molecule has 1 aliphatic rings. The number of halogens is 1. The Morgan fingerprint density at radius 3 is 2.81 bits per heavy atom. The largest absolute Gasteiger partial charge is 0.508 e. The van der Waals surface area contributed by atoms with Gasteiger partial charge in [0, 0.05) is 30.7 Å². The molecule has 7 nitrogen and oxygen atoms in total. The molecule has 0 fully saturated rings. The Labute approximate surface area is 154 Å². The van der Waals surface area contributed by atoms with Crippen molar-refractivity contribution in [1.29, 1.82) is 0 Å². The predicted molar refractivity (Wildman–Crippen MR) is 101 cm³/mol. The van der Waals surface area contributed by atoms with E-state index in [-0.39, 0.29) is 17.5 Å². The highest BCUT2D eigenvalue weighted by Crippen LogP contribution is 2.34. The van der Waals surface area contributed by atoms with Crippen LogP contribution in [-0.2, 0) is 0 Å². The maximum absolute atomic E-state index is 14.2.